The zero-order valence-electron chi connectivity index (χ0n) is 11.2. The molecule has 1 nitrogen and oxygen atoms in total. The summed E-state index contributed by atoms with van der Waals surface area (Å²) in [6.07, 6.45) is 11.9. The van der Waals surface area contributed by atoms with Crippen LogP contribution in [0.4, 0.5) is 0 Å². The van der Waals surface area contributed by atoms with Crippen molar-refractivity contribution in [2.45, 2.75) is 39.2 Å². The third-order valence-corrected chi connectivity index (χ3v) is 3.42. The maximum absolute atomic E-state index is 4.02. The molecule has 0 aromatic carbocycles. The van der Waals surface area contributed by atoms with Crippen molar-refractivity contribution < 1.29 is 0 Å². The summed E-state index contributed by atoms with van der Waals surface area (Å²) >= 11 is 0. The van der Waals surface area contributed by atoms with Gasteiger partial charge in [-0.15, -0.1) is 0 Å². The molecular formula is C16H25N. The fourth-order valence-electron chi connectivity index (χ4n) is 2.25. The van der Waals surface area contributed by atoms with E-state index in [9.17, 15) is 0 Å². The highest BCUT2D eigenvalue weighted by atomic mass is 14.9. The van der Waals surface area contributed by atoms with Crippen molar-refractivity contribution in [1.29, 1.82) is 0 Å². The minimum atomic E-state index is 0.534. The van der Waals surface area contributed by atoms with E-state index in [0.717, 1.165) is 18.9 Å². The molecule has 0 aliphatic carbocycles. The minimum absolute atomic E-state index is 0.534. The number of hydrogen-bond donors (Lipinski definition) is 1. The van der Waals surface area contributed by atoms with Gasteiger partial charge in [0.2, 0.25) is 0 Å². The largest absolute Gasteiger partial charge is 0.310 e. The third-order valence-electron chi connectivity index (χ3n) is 3.42. The summed E-state index contributed by atoms with van der Waals surface area (Å²) < 4.78 is 0. The zero-order valence-corrected chi connectivity index (χ0v) is 11.2. The van der Waals surface area contributed by atoms with Crippen LogP contribution in [0.15, 0.2) is 48.6 Å². The molecule has 0 aromatic heterocycles. The Labute approximate surface area is 106 Å². The van der Waals surface area contributed by atoms with Crippen LogP contribution in [0.1, 0.15) is 33.1 Å². The van der Waals surface area contributed by atoms with Crippen molar-refractivity contribution in [2.75, 3.05) is 6.54 Å². The van der Waals surface area contributed by atoms with Crippen LogP contribution in [0.5, 0.6) is 0 Å². The first kappa shape index (κ1) is 14.0. The Morgan fingerprint density at radius 1 is 1.47 bits per heavy atom. The Hall–Kier alpha value is -1.08. The summed E-state index contributed by atoms with van der Waals surface area (Å²) in [5.41, 5.74) is 2.60. The summed E-state index contributed by atoms with van der Waals surface area (Å²) in [5.74, 6) is 0.783. The van der Waals surface area contributed by atoms with E-state index in [1.54, 1.807) is 0 Å². The molecule has 1 heterocycles. The van der Waals surface area contributed by atoms with E-state index in [0.29, 0.717) is 6.04 Å². The van der Waals surface area contributed by atoms with Gasteiger partial charge >= 0.3 is 0 Å². The van der Waals surface area contributed by atoms with Crippen LogP contribution in [0.3, 0.4) is 0 Å². The third kappa shape index (κ3) is 4.74. The standard InChI is InChI=1S/C16H25N/c1-5-7-8-14(6-2)9-10-15-11-16(13(3)4)17-12-15/h5-8,15-17H,2-3,9-12H2,1,4H3/b7-5-,14-8+/t15?,16-/m0/s1. The summed E-state index contributed by atoms with van der Waals surface area (Å²) in [6.45, 7) is 13.2. The van der Waals surface area contributed by atoms with Gasteiger partial charge in [0, 0.05) is 6.04 Å². The van der Waals surface area contributed by atoms with Crippen molar-refractivity contribution in [1.82, 2.24) is 5.32 Å². The second-order valence-corrected chi connectivity index (χ2v) is 4.92. The lowest BCUT2D eigenvalue weighted by Crippen LogP contribution is -2.21. The first-order valence-corrected chi connectivity index (χ1v) is 6.50. The molecule has 0 radical (unpaired) electrons. The monoisotopic (exact) mass is 231 g/mol. The van der Waals surface area contributed by atoms with Crippen molar-refractivity contribution in [3.63, 3.8) is 0 Å². The van der Waals surface area contributed by atoms with Crippen LogP contribution >= 0.6 is 0 Å². The smallest absolute Gasteiger partial charge is 0.0277 e. The summed E-state index contributed by atoms with van der Waals surface area (Å²) in [6, 6.07) is 0.534. The molecule has 1 saturated heterocycles. The van der Waals surface area contributed by atoms with Gasteiger partial charge in [-0.25, -0.2) is 0 Å². The van der Waals surface area contributed by atoms with Crippen LogP contribution in [0.25, 0.3) is 0 Å². The first-order valence-electron chi connectivity index (χ1n) is 6.50. The van der Waals surface area contributed by atoms with Crippen LogP contribution in [-0.4, -0.2) is 12.6 Å². The fourth-order valence-corrected chi connectivity index (χ4v) is 2.25. The summed E-state index contributed by atoms with van der Waals surface area (Å²) in [5, 5.41) is 3.53. The van der Waals surface area contributed by atoms with Gasteiger partial charge in [0.25, 0.3) is 0 Å². The maximum Gasteiger partial charge on any atom is 0.0277 e. The number of allylic oxidation sites excluding steroid dienone is 5. The normalized spacial score (nSPS) is 25.4. The molecule has 0 spiro atoms. The molecule has 0 amide bonds. The molecule has 1 aliphatic rings. The number of nitrogens with one attached hydrogen (secondary N) is 1. The van der Waals surface area contributed by atoms with Gasteiger partial charge in [0.05, 0.1) is 0 Å². The average Bonchev–Trinajstić information content (AvgIpc) is 2.78. The predicted octanol–water partition coefficient (Wildman–Crippen LogP) is 4.01. The van der Waals surface area contributed by atoms with Crippen molar-refractivity contribution in [2.24, 2.45) is 5.92 Å². The van der Waals surface area contributed by atoms with Gasteiger partial charge in [-0.1, -0.05) is 43.0 Å². The summed E-state index contributed by atoms with van der Waals surface area (Å²) in [7, 11) is 0. The Kier molecular flexibility index (Phi) is 5.99. The van der Waals surface area contributed by atoms with Crippen LogP contribution in [0, 0.1) is 5.92 Å². The van der Waals surface area contributed by atoms with Gasteiger partial charge in [-0.05, 0) is 51.1 Å². The quantitative estimate of drug-likeness (QED) is 0.538. The Bertz CT molecular complexity index is 322. The van der Waals surface area contributed by atoms with E-state index in [-0.39, 0.29) is 0 Å². The van der Waals surface area contributed by atoms with Crippen molar-refractivity contribution >= 4 is 0 Å². The number of rotatable bonds is 6. The van der Waals surface area contributed by atoms with Crippen LogP contribution < -0.4 is 5.32 Å². The molecule has 0 saturated carbocycles. The van der Waals surface area contributed by atoms with Gasteiger partial charge in [0.15, 0.2) is 0 Å². The highest BCUT2D eigenvalue weighted by Gasteiger charge is 2.23. The molecule has 1 rings (SSSR count). The van der Waals surface area contributed by atoms with E-state index in [1.165, 1.54) is 24.0 Å². The van der Waals surface area contributed by atoms with Crippen LogP contribution in [0.2, 0.25) is 0 Å². The van der Waals surface area contributed by atoms with E-state index >= 15 is 0 Å². The first-order chi connectivity index (χ1) is 8.17. The molecule has 94 valence electrons. The molecule has 2 atom stereocenters. The average molecular weight is 231 g/mol. The molecule has 1 unspecified atom stereocenters. The lowest BCUT2D eigenvalue weighted by atomic mass is 9.95. The van der Waals surface area contributed by atoms with Gasteiger partial charge in [0.1, 0.15) is 0 Å². The van der Waals surface area contributed by atoms with Crippen LogP contribution in [-0.2, 0) is 0 Å². The molecule has 1 aliphatic heterocycles. The van der Waals surface area contributed by atoms with E-state index in [4.69, 9.17) is 0 Å². The fraction of sp³-hybridized carbons (Fsp3) is 0.500. The minimum Gasteiger partial charge on any atom is -0.310 e. The Balaban J connectivity index is 2.36. The SMILES string of the molecule is C=C/C(=C\C=C/C)CCC1CN[C@H](C(=C)C)C1. The maximum atomic E-state index is 4.02. The lowest BCUT2D eigenvalue weighted by Gasteiger charge is -2.10. The predicted molar refractivity (Wildman–Crippen MR) is 77.0 cm³/mol. The topological polar surface area (TPSA) is 12.0 Å². The molecule has 0 aromatic rings. The van der Waals surface area contributed by atoms with Crippen molar-refractivity contribution in [3.05, 3.63) is 48.6 Å². The van der Waals surface area contributed by atoms with Gasteiger partial charge in [-0.3, -0.25) is 0 Å². The number of hydrogen-bond acceptors (Lipinski definition) is 1. The summed E-state index contributed by atoms with van der Waals surface area (Å²) in [4.78, 5) is 0. The molecule has 1 fully saturated rings. The second-order valence-electron chi connectivity index (χ2n) is 4.92. The highest BCUT2D eigenvalue weighted by Crippen LogP contribution is 2.24. The zero-order chi connectivity index (χ0) is 12.7. The second kappa shape index (κ2) is 7.29. The molecule has 1 heteroatoms. The van der Waals surface area contributed by atoms with Gasteiger partial charge < -0.3 is 5.32 Å². The van der Waals surface area contributed by atoms with E-state index < -0.39 is 0 Å². The lowest BCUT2D eigenvalue weighted by molar-refractivity contribution is 0.526. The van der Waals surface area contributed by atoms with Crippen molar-refractivity contribution in [3.8, 4) is 0 Å². The van der Waals surface area contributed by atoms with E-state index in [1.807, 2.05) is 13.0 Å². The molecule has 1 N–H and O–H groups in total. The molecular weight excluding hydrogens is 206 g/mol. The Morgan fingerprint density at radius 3 is 2.76 bits per heavy atom. The van der Waals surface area contributed by atoms with Gasteiger partial charge in [-0.2, -0.15) is 0 Å². The Morgan fingerprint density at radius 2 is 2.24 bits per heavy atom. The molecule has 0 bridgehead atoms. The van der Waals surface area contributed by atoms with E-state index in [2.05, 4.69) is 43.6 Å². The molecule has 17 heavy (non-hydrogen) atoms. The highest BCUT2D eigenvalue weighted by molar-refractivity contribution is 5.22.